The van der Waals surface area contributed by atoms with Gasteiger partial charge in [-0.2, -0.15) is 0 Å². The first kappa shape index (κ1) is 16.7. The van der Waals surface area contributed by atoms with Gasteiger partial charge in [0.25, 0.3) is 5.97 Å². The zero-order valence-corrected chi connectivity index (χ0v) is 15.2. The molecule has 0 N–H and O–H groups in total. The van der Waals surface area contributed by atoms with Crippen LogP contribution in [0.5, 0.6) is 0 Å². The summed E-state index contributed by atoms with van der Waals surface area (Å²) in [5, 5.41) is 0. The monoisotopic (exact) mass is 284 g/mol. The maximum Gasteiger partial charge on any atom is 0.291 e. The fourth-order valence-corrected chi connectivity index (χ4v) is 4.36. The van der Waals surface area contributed by atoms with Gasteiger partial charge in [-0.25, -0.2) is 0 Å². The van der Waals surface area contributed by atoms with Crippen molar-refractivity contribution in [2.45, 2.75) is 84.5 Å². The minimum absolute atomic E-state index is 0.0269. The average Bonchev–Trinajstić information content (AvgIpc) is 2.45. The third-order valence-corrected chi connectivity index (χ3v) is 5.48. The molecule has 0 spiro atoms. The normalized spacial score (nSPS) is 17.6. The lowest BCUT2D eigenvalue weighted by Crippen LogP contribution is -2.33. The molecule has 0 amide bonds. The largest absolute Gasteiger partial charge is 0.529 e. The van der Waals surface area contributed by atoms with Crippen LogP contribution < -0.4 is 0 Å². The molecule has 0 aromatic rings. The third-order valence-electron chi connectivity index (χ3n) is 5.02. The fraction of sp³-hybridized carbons (Fsp3) is 0.938. The SMILES string of the molecule is CCCC(CCC)(CCC(=O)O[SiH3])C1CCCCC1. The fourth-order valence-electron chi connectivity index (χ4n) is 4.15. The Morgan fingerprint density at radius 1 is 1.11 bits per heavy atom. The summed E-state index contributed by atoms with van der Waals surface area (Å²) in [7, 11) is 0.539. The van der Waals surface area contributed by atoms with Crippen LogP contribution in [0.25, 0.3) is 0 Å². The van der Waals surface area contributed by atoms with Gasteiger partial charge in [-0.05, 0) is 43.4 Å². The maximum absolute atomic E-state index is 11.6. The van der Waals surface area contributed by atoms with Crippen molar-refractivity contribution in [1.29, 1.82) is 0 Å². The van der Waals surface area contributed by atoms with Gasteiger partial charge in [0, 0.05) is 6.42 Å². The predicted molar refractivity (Wildman–Crippen MR) is 84.1 cm³/mol. The van der Waals surface area contributed by atoms with Gasteiger partial charge in [-0.3, -0.25) is 4.79 Å². The lowest BCUT2D eigenvalue weighted by Gasteiger charge is -2.43. The van der Waals surface area contributed by atoms with Crippen LogP contribution in [0.3, 0.4) is 0 Å². The molecule has 1 aliphatic rings. The van der Waals surface area contributed by atoms with Crippen molar-refractivity contribution >= 4 is 16.5 Å². The third kappa shape index (κ3) is 4.94. The molecular weight excluding hydrogens is 252 g/mol. The standard InChI is InChI=1S/C16H32O2Si/c1-3-11-16(12-4-2,13-10-15(17)18-19)14-8-6-5-7-9-14/h14H,3-13H2,1-2,19H3. The van der Waals surface area contributed by atoms with E-state index in [4.69, 9.17) is 4.43 Å². The summed E-state index contributed by atoms with van der Waals surface area (Å²) in [5.74, 6) is 0.877. The molecule has 0 atom stereocenters. The molecule has 0 radical (unpaired) electrons. The van der Waals surface area contributed by atoms with E-state index in [0.717, 1.165) is 12.3 Å². The van der Waals surface area contributed by atoms with E-state index >= 15 is 0 Å². The molecule has 1 rings (SSSR count). The van der Waals surface area contributed by atoms with Crippen LogP contribution in [0.4, 0.5) is 0 Å². The molecule has 112 valence electrons. The minimum atomic E-state index is 0.0269. The molecule has 0 saturated heterocycles. The summed E-state index contributed by atoms with van der Waals surface area (Å²) in [6.45, 7) is 4.58. The highest BCUT2D eigenvalue weighted by Gasteiger charge is 2.37. The Bertz CT molecular complexity index is 253. The van der Waals surface area contributed by atoms with Gasteiger partial charge in [-0.15, -0.1) is 0 Å². The zero-order chi connectivity index (χ0) is 14.1. The van der Waals surface area contributed by atoms with E-state index in [1.54, 1.807) is 0 Å². The maximum atomic E-state index is 11.6. The summed E-state index contributed by atoms with van der Waals surface area (Å²) in [6.07, 6.45) is 13.7. The van der Waals surface area contributed by atoms with E-state index in [0.29, 0.717) is 22.3 Å². The summed E-state index contributed by atoms with van der Waals surface area (Å²) in [5.41, 5.74) is 0.416. The van der Waals surface area contributed by atoms with Gasteiger partial charge < -0.3 is 4.43 Å². The number of hydrogen-bond donors (Lipinski definition) is 0. The van der Waals surface area contributed by atoms with E-state index in [-0.39, 0.29) is 5.97 Å². The van der Waals surface area contributed by atoms with Gasteiger partial charge in [-0.1, -0.05) is 46.0 Å². The molecule has 1 fully saturated rings. The predicted octanol–water partition coefficient (Wildman–Crippen LogP) is 3.76. The van der Waals surface area contributed by atoms with E-state index in [2.05, 4.69) is 13.8 Å². The molecule has 19 heavy (non-hydrogen) atoms. The topological polar surface area (TPSA) is 26.3 Å². The van der Waals surface area contributed by atoms with Crippen molar-refractivity contribution in [3.8, 4) is 0 Å². The first-order valence-electron chi connectivity index (χ1n) is 8.25. The van der Waals surface area contributed by atoms with Crippen LogP contribution in [-0.4, -0.2) is 16.5 Å². The van der Waals surface area contributed by atoms with Gasteiger partial charge in [0.15, 0.2) is 0 Å². The lowest BCUT2D eigenvalue weighted by molar-refractivity contribution is -0.135. The van der Waals surface area contributed by atoms with Crippen molar-refractivity contribution in [2.24, 2.45) is 11.3 Å². The molecule has 3 heteroatoms. The van der Waals surface area contributed by atoms with Crippen LogP contribution in [-0.2, 0) is 9.22 Å². The second kappa shape index (κ2) is 8.78. The molecular formula is C16H32O2Si. The summed E-state index contributed by atoms with van der Waals surface area (Å²) >= 11 is 0. The highest BCUT2D eigenvalue weighted by atomic mass is 28.2. The van der Waals surface area contributed by atoms with Crippen molar-refractivity contribution in [3.05, 3.63) is 0 Å². The quantitative estimate of drug-likeness (QED) is 0.634. The smallest absolute Gasteiger partial charge is 0.291 e. The summed E-state index contributed by atoms with van der Waals surface area (Å²) in [4.78, 5) is 11.6. The van der Waals surface area contributed by atoms with Crippen LogP contribution in [0.1, 0.15) is 84.5 Å². The highest BCUT2D eigenvalue weighted by Crippen LogP contribution is 2.48. The molecule has 0 aromatic carbocycles. The Balaban J connectivity index is 2.74. The molecule has 0 aliphatic heterocycles. The second-order valence-electron chi connectivity index (χ2n) is 6.27. The van der Waals surface area contributed by atoms with Gasteiger partial charge >= 0.3 is 0 Å². The molecule has 2 nitrogen and oxygen atoms in total. The average molecular weight is 285 g/mol. The number of carbonyl (C=O) groups excluding carboxylic acids is 1. The van der Waals surface area contributed by atoms with Crippen molar-refractivity contribution in [3.63, 3.8) is 0 Å². The second-order valence-corrected chi connectivity index (χ2v) is 6.68. The molecule has 0 aromatic heterocycles. The molecule has 0 bridgehead atoms. The Morgan fingerprint density at radius 2 is 1.68 bits per heavy atom. The number of rotatable bonds is 8. The Labute approximate surface area is 122 Å². The number of hydrogen-bond acceptors (Lipinski definition) is 2. The Hall–Kier alpha value is -0.313. The first-order chi connectivity index (χ1) is 9.18. The van der Waals surface area contributed by atoms with Crippen LogP contribution in [0, 0.1) is 11.3 Å². The van der Waals surface area contributed by atoms with E-state index in [9.17, 15) is 4.79 Å². The summed E-state index contributed by atoms with van der Waals surface area (Å²) < 4.78 is 4.99. The molecule has 0 unspecified atom stereocenters. The zero-order valence-electron chi connectivity index (χ0n) is 13.2. The van der Waals surface area contributed by atoms with Crippen molar-refractivity contribution in [1.82, 2.24) is 0 Å². The van der Waals surface area contributed by atoms with Crippen LogP contribution in [0.2, 0.25) is 0 Å². The van der Waals surface area contributed by atoms with Gasteiger partial charge in [0.1, 0.15) is 0 Å². The van der Waals surface area contributed by atoms with Crippen LogP contribution in [0.15, 0.2) is 0 Å². The molecule has 1 aliphatic carbocycles. The molecule has 0 heterocycles. The van der Waals surface area contributed by atoms with Crippen LogP contribution >= 0.6 is 0 Å². The Morgan fingerprint density at radius 3 is 2.16 bits per heavy atom. The van der Waals surface area contributed by atoms with E-state index in [1.807, 2.05) is 0 Å². The van der Waals surface area contributed by atoms with Crippen molar-refractivity contribution < 1.29 is 9.22 Å². The first-order valence-corrected chi connectivity index (χ1v) is 9.07. The van der Waals surface area contributed by atoms with E-state index in [1.165, 1.54) is 57.8 Å². The highest BCUT2D eigenvalue weighted by molar-refractivity contribution is 6.05. The van der Waals surface area contributed by atoms with Gasteiger partial charge in [0.2, 0.25) is 10.5 Å². The Kier molecular flexibility index (Phi) is 7.73. The van der Waals surface area contributed by atoms with Gasteiger partial charge in [0.05, 0.1) is 0 Å². The van der Waals surface area contributed by atoms with Crippen molar-refractivity contribution in [2.75, 3.05) is 0 Å². The molecule has 1 saturated carbocycles. The number of carbonyl (C=O) groups is 1. The summed E-state index contributed by atoms with van der Waals surface area (Å²) in [6, 6.07) is 0. The minimum Gasteiger partial charge on any atom is -0.529 e. The van der Waals surface area contributed by atoms with E-state index < -0.39 is 0 Å². The lowest BCUT2D eigenvalue weighted by atomic mass is 9.62.